The number of hydrogen-bond donors (Lipinski definition) is 0. The average Bonchev–Trinajstić information content (AvgIpc) is 2.89. The van der Waals surface area contributed by atoms with Gasteiger partial charge in [-0.2, -0.15) is 0 Å². The van der Waals surface area contributed by atoms with Gasteiger partial charge in [-0.3, -0.25) is 4.79 Å². The molecule has 110 valence electrons. The Morgan fingerprint density at radius 3 is 2.53 bits per heavy atom. The molecule has 0 spiro atoms. The summed E-state index contributed by atoms with van der Waals surface area (Å²) in [5.74, 6) is -0.0293. The molecule has 1 atom stereocenters. The van der Waals surface area contributed by atoms with Crippen molar-refractivity contribution < 1.29 is 17.9 Å². The SMILES string of the molecule is COC(=O)C1CCN(S(=O)(=O)CC2CCCCC2)C1. The molecule has 1 heterocycles. The summed E-state index contributed by atoms with van der Waals surface area (Å²) < 4.78 is 30.8. The number of ether oxygens (including phenoxy) is 1. The van der Waals surface area contributed by atoms with E-state index >= 15 is 0 Å². The Bertz CT molecular complexity index is 414. The van der Waals surface area contributed by atoms with E-state index in [4.69, 9.17) is 0 Å². The molecule has 1 aliphatic carbocycles. The van der Waals surface area contributed by atoms with Crippen LogP contribution in [0.5, 0.6) is 0 Å². The van der Waals surface area contributed by atoms with Crippen LogP contribution in [0.25, 0.3) is 0 Å². The Labute approximate surface area is 115 Å². The van der Waals surface area contributed by atoms with Gasteiger partial charge in [0.15, 0.2) is 0 Å². The third-order valence-electron chi connectivity index (χ3n) is 4.25. The molecule has 1 saturated heterocycles. The summed E-state index contributed by atoms with van der Waals surface area (Å²) >= 11 is 0. The van der Waals surface area contributed by atoms with E-state index < -0.39 is 10.0 Å². The van der Waals surface area contributed by atoms with Crippen LogP contribution in [0.15, 0.2) is 0 Å². The van der Waals surface area contributed by atoms with E-state index in [1.165, 1.54) is 17.8 Å². The Hall–Kier alpha value is -0.620. The molecule has 0 amide bonds. The van der Waals surface area contributed by atoms with Gasteiger partial charge in [0.2, 0.25) is 10.0 Å². The first-order chi connectivity index (χ1) is 9.03. The molecular weight excluding hydrogens is 266 g/mol. The molecule has 0 aromatic carbocycles. The van der Waals surface area contributed by atoms with Crippen LogP contribution in [0.2, 0.25) is 0 Å². The average molecular weight is 289 g/mol. The molecule has 6 heteroatoms. The fourth-order valence-electron chi connectivity index (χ4n) is 3.10. The van der Waals surface area contributed by atoms with Crippen LogP contribution in [0.1, 0.15) is 38.5 Å². The van der Waals surface area contributed by atoms with Gasteiger partial charge in [0.1, 0.15) is 0 Å². The van der Waals surface area contributed by atoms with Crippen LogP contribution in [-0.4, -0.2) is 44.6 Å². The monoisotopic (exact) mass is 289 g/mol. The molecule has 2 aliphatic rings. The second-order valence-corrected chi connectivity index (χ2v) is 7.66. The number of sulfonamides is 1. The molecule has 0 aromatic heterocycles. The van der Waals surface area contributed by atoms with E-state index in [1.807, 2.05) is 0 Å². The van der Waals surface area contributed by atoms with Crippen molar-refractivity contribution in [2.45, 2.75) is 38.5 Å². The first-order valence-corrected chi connectivity index (χ1v) is 8.69. The molecule has 0 bridgehead atoms. The number of carbonyl (C=O) groups is 1. The van der Waals surface area contributed by atoms with Gasteiger partial charge in [-0.05, 0) is 25.2 Å². The number of carbonyl (C=O) groups excluding carboxylic acids is 1. The lowest BCUT2D eigenvalue weighted by molar-refractivity contribution is -0.144. The lowest BCUT2D eigenvalue weighted by atomic mass is 9.91. The highest BCUT2D eigenvalue weighted by atomic mass is 32.2. The summed E-state index contributed by atoms with van der Waals surface area (Å²) in [6, 6.07) is 0. The standard InChI is InChI=1S/C13H23NO4S/c1-18-13(15)12-7-8-14(9-12)19(16,17)10-11-5-3-2-4-6-11/h11-12H,2-10H2,1H3. The van der Waals surface area contributed by atoms with Crippen LogP contribution in [0.4, 0.5) is 0 Å². The first-order valence-electron chi connectivity index (χ1n) is 7.08. The fourth-order valence-corrected chi connectivity index (χ4v) is 5.03. The number of esters is 1. The van der Waals surface area contributed by atoms with Gasteiger partial charge < -0.3 is 4.74 Å². The fraction of sp³-hybridized carbons (Fsp3) is 0.923. The minimum absolute atomic E-state index is 0.251. The lowest BCUT2D eigenvalue weighted by Gasteiger charge is -2.24. The molecule has 1 aliphatic heterocycles. The van der Waals surface area contributed by atoms with Gasteiger partial charge in [-0.25, -0.2) is 12.7 Å². The summed E-state index contributed by atoms with van der Waals surface area (Å²) in [7, 11) is -1.86. The van der Waals surface area contributed by atoms with E-state index in [0.717, 1.165) is 25.7 Å². The zero-order valence-corrected chi connectivity index (χ0v) is 12.3. The van der Waals surface area contributed by atoms with Crippen molar-refractivity contribution in [2.24, 2.45) is 11.8 Å². The molecule has 1 saturated carbocycles. The van der Waals surface area contributed by atoms with E-state index in [9.17, 15) is 13.2 Å². The number of methoxy groups -OCH3 is 1. The summed E-state index contributed by atoms with van der Waals surface area (Å²) in [6.07, 6.45) is 6.14. The van der Waals surface area contributed by atoms with Gasteiger partial charge in [-0.15, -0.1) is 0 Å². The summed E-state index contributed by atoms with van der Waals surface area (Å²) in [5, 5.41) is 0. The smallest absolute Gasteiger partial charge is 0.310 e. The minimum atomic E-state index is -3.21. The summed E-state index contributed by atoms with van der Waals surface area (Å²) in [5.41, 5.74) is 0. The van der Waals surface area contributed by atoms with E-state index in [1.54, 1.807) is 0 Å². The maximum Gasteiger partial charge on any atom is 0.310 e. The summed E-state index contributed by atoms with van der Waals surface area (Å²) in [4.78, 5) is 11.4. The van der Waals surface area contributed by atoms with E-state index in [0.29, 0.717) is 25.4 Å². The van der Waals surface area contributed by atoms with Gasteiger partial charge in [-0.1, -0.05) is 19.3 Å². The zero-order valence-electron chi connectivity index (χ0n) is 11.5. The van der Waals surface area contributed by atoms with Crippen molar-refractivity contribution in [1.29, 1.82) is 0 Å². The molecule has 0 N–H and O–H groups in total. The van der Waals surface area contributed by atoms with Crippen molar-refractivity contribution in [1.82, 2.24) is 4.31 Å². The summed E-state index contributed by atoms with van der Waals surface area (Å²) in [6.45, 7) is 0.747. The second kappa shape index (κ2) is 6.22. The maximum absolute atomic E-state index is 12.3. The molecule has 19 heavy (non-hydrogen) atoms. The van der Waals surface area contributed by atoms with Gasteiger partial charge >= 0.3 is 5.97 Å². The number of hydrogen-bond acceptors (Lipinski definition) is 4. The molecule has 2 rings (SSSR count). The van der Waals surface area contributed by atoms with Crippen LogP contribution in [0, 0.1) is 11.8 Å². The topological polar surface area (TPSA) is 63.7 Å². The van der Waals surface area contributed by atoms with Crippen LogP contribution in [0.3, 0.4) is 0 Å². The molecule has 0 aromatic rings. The largest absolute Gasteiger partial charge is 0.469 e. The normalized spacial score (nSPS) is 26.5. The minimum Gasteiger partial charge on any atom is -0.469 e. The second-order valence-electron chi connectivity index (χ2n) is 5.65. The third kappa shape index (κ3) is 3.69. The van der Waals surface area contributed by atoms with Crippen LogP contribution >= 0.6 is 0 Å². The molecular formula is C13H23NO4S. The first kappa shape index (κ1) is 14.8. The number of rotatable bonds is 4. The van der Waals surface area contributed by atoms with E-state index in [-0.39, 0.29) is 17.6 Å². The lowest BCUT2D eigenvalue weighted by Crippen LogP contribution is -2.35. The van der Waals surface area contributed by atoms with Crippen molar-refractivity contribution in [3.05, 3.63) is 0 Å². The van der Waals surface area contributed by atoms with Crippen LogP contribution in [-0.2, 0) is 19.6 Å². The van der Waals surface area contributed by atoms with Gasteiger partial charge in [0.25, 0.3) is 0 Å². The highest BCUT2D eigenvalue weighted by Gasteiger charge is 2.36. The molecule has 5 nitrogen and oxygen atoms in total. The zero-order chi connectivity index (χ0) is 13.9. The maximum atomic E-state index is 12.3. The Morgan fingerprint density at radius 2 is 1.89 bits per heavy atom. The highest BCUT2D eigenvalue weighted by molar-refractivity contribution is 7.89. The van der Waals surface area contributed by atoms with Gasteiger partial charge in [0.05, 0.1) is 18.8 Å². The van der Waals surface area contributed by atoms with Crippen molar-refractivity contribution in [3.63, 3.8) is 0 Å². The highest BCUT2D eigenvalue weighted by Crippen LogP contribution is 2.28. The number of nitrogens with zero attached hydrogens (tertiary/aromatic N) is 1. The van der Waals surface area contributed by atoms with Crippen molar-refractivity contribution in [3.8, 4) is 0 Å². The van der Waals surface area contributed by atoms with Crippen molar-refractivity contribution in [2.75, 3.05) is 26.0 Å². The predicted octanol–water partition coefficient (Wildman–Crippen LogP) is 1.39. The third-order valence-corrected chi connectivity index (χ3v) is 6.26. The molecule has 1 unspecified atom stereocenters. The van der Waals surface area contributed by atoms with Crippen LogP contribution < -0.4 is 0 Å². The Morgan fingerprint density at radius 1 is 1.21 bits per heavy atom. The quantitative estimate of drug-likeness (QED) is 0.734. The van der Waals surface area contributed by atoms with Gasteiger partial charge in [0, 0.05) is 13.1 Å². The Balaban J connectivity index is 1.91. The van der Waals surface area contributed by atoms with E-state index in [2.05, 4.69) is 4.74 Å². The molecule has 2 fully saturated rings. The Kier molecular flexibility index (Phi) is 4.84. The molecule has 0 radical (unpaired) electrons. The van der Waals surface area contributed by atoms with Crippen molar-refractivity contribution >= 4 is 16.0 Å². The predicted molar refractivity (Wildman–Crippen MR) is 72.1 cm³/mol.